The average molecular weight is 407 g/mol. The molecule has 3 heterocycles. The third-order valence-electron chi connectivity index (χ3n) is 3.75. The van der Waals surface area contributed by atoms with Crippen molar-refractivity contribution in [1.82, 2.24) is 14.5 Å². The Bertz CT molecular complexity index is 978. The summed E-state index contributed by atoms with van der Waals surface area (Å²) < 4.78 is 2.27. The van der Waals surface area contributed by atoms with E-state index in [1.54, 1.807) is 31.1 Å². The highest BCUT2D eigenvalue weighted by Gasteiger charge is 2.24. The second-order valence-corrected chi connectivity index (χ2v) is 7.20. The van der Waals surface area contributed by atoms with Gasteiger partial charge in [-0.15, -0.1) is 11.3 Å². The first kappa shape index (κ1) is 16.8. The van der Waals surface area contributed by atoms with Crippen LogP contribution in [0.1, 0.15) is 22.2 Å². The van der Waals surface area contributed by atoms with E-state index < -0.39 is 0 Å². The van der Waals surface area contributed by atoms with E-state index in [9.17, 15) is 9.59 Å². The molecule has 0 fully saturated rings. The summed E-state index contributed by atoms with van der Waals surface area (Å²) in [6.45, 7) is 4.16. The summed E-state index contributed by atoms with van der Waals surface area (Å²) in [7, 11) is 1.65. The fraction of sp³-hybridized carbons (Fsp3) is 0.250. The molecule has 0 N–H and O–H groups in total. The monoisotopic (exact) mass is 406 g/mol. The van der Waals surface area contributed by atoms with Crippen LogP contribution in [-0.4, -0.2) is 27.0 Å². The minimum absolute atomic E-state index is 0.141. The second-order valence-electron chi connectivity index (χ2n) is 5.28. The number of amides is 1. The predicted molar refractivity (Wildman–Crippen MR) is 98.9 cm³/mol. The van der Waals surface area contributed by atoms with Gasteiger partial charge in [-0.3, -0.25) is 14.5 Å². The van der Waals surface area contributed by atoms with Crippen LogP contribution >= 0.6 is 27.3 Å². The lowest BCUT2D eigenvalue weighted by Crippen LogP contribution is -2.31. The van der Waals surface area contributed by atoms with E-state index in [1.165, 1.54) is 22.2 Å². The van der Waals surface area contributed by atoms with Crippen LogP contribution in [0.2, 0.25) is 0 Å². The third-order valence-corrected chi connectivity index (χ3v) is 5.41. The Balaban J connectivity index is 2.10. The molecule has 0 atom stereocenters. The summed E-state index contributed by atoms with van der Waals surface area (Å²) in [4.78, 5) is 36.6. The van der Waals surface area contributed by atoms with E-state index in [-0.39, 0.29) is 11.5 Å². The first-order valence-electron chi connectivity index (χ1n) is 7.32. The van der Waals surface area contributed by atoms with Crippen LogP contribution in [0.25, 0.3) is 10.2 Å². The van der Waals surface area contributed by atoms with Crippen molar-refractivity contribution in [3.8, 4) is 0 Å². The van der Waals surface area contributed by atoms with Gasteiger partial charge in [0.1, 0.15) is 10.6 Å². The molecule has 6 nitrogen and oxygen atoms in total. The number of thiophene rings is 1. The zero-order valence-electron chi connectivity index (χ0n) is 13.4. The highest BCUT2D eigenvalue weighted by atomic mass is 79.9. The Morgan fingerprint density at radius 3 is 2.75 bits per heavy atom. The summed E-state index contributed by atoms with van der Waals surface area (Å²) in [5.74, 6) is 0.401. The highest BCUT2D eigenvalue weighted by molar-refractivity contribution is 9.10. The minimum Gasteiger partial charge on any atom is -0.302 e. The lowest BCUT2D eigenvalue weighted by atomic mass is 10.2. The van der Waals surface area contributed by atoms with Crippen molar-refractivity contribution in [2.75, 3.05) is 11.4 Å². The number of pyridine rings is 1. The van der Waals surface area contributed by atoms with Crippen molar-refractivity contribution >= 4 is 49.2 Å². The van der Waals surface area contributed by atoms with Crippen molar-refractivity contribution < 1.29 is 4.79 Å². The zero-order chi connectivity index (χ0) is 17.4. The van der Waals surface area contributed by atoms with Gasteiger partial charge in [0.25, 0.3) is 11.5 Å². The highest BCUT2D eigenvalue weighted by Crippen LogP contribution is 2.29. The Labute approximate surface area is 150 Å². The largest absolute Gasteiger partial charge is 0.302 e. The van der Waals surface area contributed by atoms with E-state index in [2.05, 4.69) is 25.9 Å². The third kappa shape index (κ3) is 2.76. The zero-order valence-corrected chi connectivity index (χ0v) is 15.8. The van der Waals surface area contributed by atoms with Gasteiger partial charge in [-0.05, 0) is 47.5 Å². The van der Waals surface area contributed by atoms with E-state index in [0.29, 0.717) is 33.0 Å². The normalized spacial score (nSPS) is 11.0. The van der Waals surface area contributed by atoms with Gasteiger partial charge in [-0.1, -0.05) is 0 Å². The molecule has 0 aromatic carbocycles. The molecule has 0 saturated heterocycles. The van der Waals surface area contributed by atoms with Crippen LogP contribution < -0.4 is 10.5 Å². The number of carbonyl (C=O) groups is 1. The van der Waals surface area contributed by atoms with Crippen molar-refractivity contribution in [3.05, 3.63) is 49.9 Å². The standard InChI is InChI=1S/C16H15BrN4O2S/c1-4-21(11-6-5-10(17)7-18-11)16(23)13-9(2)12-14(24-13)19-8-20(3)15(12)22/h5-8H,4H2,1-3H3. The number of nitrogens with zero attached hydrogens (tertiary/aromatic N) is 4. The number of hydrogen-bond donors (Lipinski definition) is 0. The molecule has 0 radical (unpaired) electrons. The first-order chi connectivity index (χ1) is 11.4. The molecule has 0 bridgehead atoms. The Hall–Kier alpha value is -2.06. The van der Waals surface area contributed by atoms with Crippen LogP contribution in [0.15, 0.2) is 33.9 Å². The molecule has 0 aliphatic carbocycles. The summed E-state index contributed by atoms with van der Waals surface area (Å²) in [6.07, 6.45) is 3.13. The quantitative estimate of drug-likeness (QED) is 0.669. The SMILES string of the molecule is CCN(C(=O)c1sc2ncn(C)c(=O)c2c1C)c1ccc(Br)cn1. The maximum Gasteiger partial charge on any atom is 0.269 e. The summed E-state index contributed by atoms with van der Waals surface area (Å²) >= 11 is 4.58. The first-order valence-corrected chi connectivity index (χ1v) is 8.93. The van der Waals surface area contributed by atoms with E-state index in [1.807, 2.05) is 13.0 Å². The lowest BCUT2D eigenvalue weighted by Gasteiger charge is -2.19. The molecule has 124 valence electrons. The predicted octanol–water partition coefficient (Wildman–Crippen LogP) is 3.13. The van der Waals surface area contributed by atoms with Crippen LogP contribution in [0.3, 0.4) is 0 Å². The van der Waals surface area contributed by atoms with E-state index >= 15 is 0 Å². The van der Waals surface area contributed by atoms with Gasteiger partial charge >= 0.3 is 0 Å². The number of fused-ring (bicyclic) bond motifs is 1. The number of hydrogen-bond acceptors (Lipinski definition) is 5. The molecule has 0 aliphatic heterocycles. The summed E-state index contributed by atoms with van der Waals surface area (Å²) in [5.41, 5.74) is 0.530. The van der Waals surface area contributed by atoms with Crippen LogP contribution in [0.5, 0.6) is 0 Å². The van der Waals surface area contributed by atoms with Gasteiger partial charge in [-0.2, -0.15) is 0 Å². The van der Waals surface area contributed by atoms with Crippen molar-refractivity contribution in [3.63, 3.8) is 0 Å². The topological polar surface area (TPSA) is 68.1 Å². The molecule has 8 heteroatoms. The van der Waals surface area contributed by atoms with Gasteiger partial charge in [0.05, 0.1) is 16.6 Å². The maximum atomic E-state index is 13.0. The number of carbonyl (C=O) groups excluding carboxylic acids is 1. The Kier molecular flexibility index (Phi) is 4.51. The van der Waals surface area contributed by atoms with Gasteiger partial charge in [0.15, 0.2) is 0 Å². The maximum absolute atomic E-state index is 13.0. The van der Waals surface area contributed by atoms with E-state index in [4.69, 9.17) is 0 Å². The fourth-order valence-corrected chi connectivity index (χ4v) is 3.80. The Morgan fingerprint density at radius 1 is 1.38 bits per heavy atom. The van der Waals surface area contributed by atoms with Crippen LogP contribution in [-0.2, 0) is 7.05 Å². The molecule has 3 aromatic heterocycles. The smallest absolute Gasteiger partial charge is 0.269 e. The molecule has 3 aromatic rings. The van der Waals surface area contributed by atoms with Gasteiger partial charge in [0.2, 0.25) is 0 Å². The molecule has 24 heavy (non-hydrogen) atoms. The van der Waals surface area contributed by atoms with Crippen LogP contribution in [0, 0.1) is 6.92 Å². The van der Waals surface area contributed by atoms with Gasteiger partial charge < -0.3 is 4.57 Å². The summed E-state index contributed by atoms with van der Waals surface area (Å²) in [6, 6.07) is 3.62. The molecule has 0 spiro atoms. The average Bonchev–Trinajstić information content (AvgIpc) is 2.91. The van der Waals surface area contributed by atoms with Crippen molar-refractivity contribution in [1.29, 1.82) is 0 Å². The van der Waals surface area contributed by atoms with Gasteiger partial charge in [0, 0.05) is 24.3 Å². The molecule has 0 aliphatic rings. The molecular weight excluding hydrogens is 392 g/mol. The lowest BCUT2D eigenvalue weighted by molar-refractivity contribution is 0.0991. The van der Waals surface area contributed by atoms with E-state index in [0.717, 1.165) is 4.47 Å². The summed E-state index contributed by atoms with van der Waals surface area (Å²) in [5, 5.41) is 0.508. The Morgan fingerprint density at radius 2 is 2.12 bits per heavy atom. The fourth-order valence-electron chi connectivity index (χ4n) is 2.47. The van der Waals surface area contributed by atoms with Crippen molar-refractivity contribution in [2.45, 2.75) is 13.8 Å². The number of halogens is 1. The minimum atomic E-state index is -0.171. The molecule has 1 amide bonds. The number of anilines is 1. The van der Waals surface area contributed by atoms with Crippen LogP contribution in [0.4, 0.5) is 5.82 Å². The molecule has 0 saturated carbocycles. The van der Waals surface area contributed by atoms with Gasteiger partial charge in [-0.25, -0.2) is 9.97 Å². The molecular formula is C16H15BrN4O2S. The number of rotatable bonds is 3. The second kappa shape index (κ2) is 6.45. The number of aryl methyl sites for hydroxylation is 2. The number of aromatic nitrogens is 3. The molecule has 3 rings (SSSR count). The van der Waals surface area contributed by atoms with Crippen molar-refractivity contribution in [2.24, 2.45) is 7.05 Å². The molecule has 0 unspecified atom stereocenters.